The summed E-state index contributed by atoms with van der Waals surface area (Å²) in [5.41, 5.74) is 4.65. The van der Waals surface area contributed by atoms with Crippen LogP contribution in [-0.4, -0.2) is 15.7 Å². The van der Waals surface area contributed by atoms with Gasteiger partial charge >= 0.3 is 0 Å². The van der Waals surface area contributed by atoms with Crippen LogP contribution in [-0.2, 0) is 13.2 Å². The first-order valence-corrected chi connectivity index (χ1v) is 10.7. The van der Waals surface area contributed by atoms with Crippen molar-refractivity contribution in [2.75, 3.05) is 5.32 Å². The maximum atomic E-state index is 12.6. The molecule has 0 spiro atoms. The number of benzene rings is 3. The molecule has 0 saturated heterocycles. The molecule has 1 amide bonds. The van der Waals surface area contributed by atoms with E-state index < -0.39 is 0 Å². The van der Waals surface area contributed by atoms with Crippen LogP contribution in [0.25, 0.3) is 0 Å². The van der Waals surface area contributed by atoms with Crippen molar-refractivity contribution in [2.24, 2.45) is 0 Å². The predicted octanol–water partition coefficient (Wildman–Crippen LogP) is 6.03. The predicted molar refractivity (Wildman–Crippen MR) is 127 cm³/mol. The quantitative estimate of drug-likeness (QED) is 0.377. The molecule has 0 fully saturated rings. The lowest BCUT2D eigenvalue weighted by Crippen LogP contribution is -2.13. The van der Waals surface area contributed by atoms with E-state index in [1.54, 1.807) is 22.9 Å². The Morgan fingerprint density at radius 2 is 1.66 bits per heavy atom. The summed E-state index contributed by atoms with van der Waals surface area (Å²) in [5, 5.41) is 8.03. The minimum atomic E-state index is -0.202. The van der Waals surface area contributed by atoms with Crippen molar-refractivity contribution >= 4 is 23.3 Å². The second kappa shape index (κ2) is 9.71. The summed E-state index contributed by atoms with van der Waals surface area (Å²) >= 11 is 6.21. The molecule has 4 rings (SSSR count). The highest BCUT2D eigenvalue weighted by atomic mass is 35.5. The Morgan fingerprint density at radius 3 is 2.34 bits per heavy atom. The van der Waals surface area contributed by atoms with E-state index in [0.29, 0.717) is 24.5 Å². The minimum Gasteiger partial charge on any atom is -0.489 e. The summed E-state index contributed by atoms with van der Waals surface area (Å²) in [6.07, 6.45) is 1.85. The summed E-state index contributed by atoms with van der Waals surface area (Å²) in [4.78, 5) is 12.6. The average molecular weight is 446 g/mol. The number of anilines is 1. The number of nitrogens with zero attached hydrogens (tertiary/aromatic N) is 2. The number of amides is 1. The van der Waals surface area contributed by atoms with E-state index in [9.17, 15) is 4.79 Å². The van der Waals surface area contributed by atoms with Gasteiger partial charge in [0.15, 0.2) is 5.82 Å². The zero-order valence-corrected chi connectivity index (χ0v) is 18.8. The maximum Gasteiger partial charge on any atom is 0.256 e. The van der Waals surface area contributed by atoms with Crippen molar-refractivity contribution < 1.29 is 9.53 Å². The fraction of sp³-hybridized carbons (Fsp3) is 0.154. The van der Waals surface area contributed by atoms with Gasteiger partial charge in [-0.25, -0.2) is 0 Å². The van der Waals surface area contributed by atoms with Crippen molar-refractivity contribution in [1.29, 1.82) is 0 Å². The lowest BCUT2D eigenvalue weighted by molar-refractivity contribution is 0.102. The lowest BCUT2D eigenvalue weighted by atomic mass is 10.1. The Morgan fingerprint density at radius 1 is 0.969 bits per heavy atom. The van der Waals surface area contributed by atoms with Gasteiger partial charge in [-0.3, -0.25) is 9.48 Å². The number of aryl methyl sites for hydroxylation is 2. The molecular weight excluding hydrogens is 422 g/mol. The van der Waals surface area contributed by atoms with Gasteiger partial charge in [-0.05, 0) is 60.4 Å². The summed E-state index contributed by atoms with van der Waals surface area (Å²) in [7, 11) is 0. The zero-order valence-electron chi connectivity index (χ0n) is 18.0. The maximum absolute atomic E-state index is 12.6. The minimum absolute atomic E-state index is 0.202. The van der Waals surface area contributed by atoms with Crippen molar-refractivity contribution in [3.8, 4) is 5.75 Å². The van der Waals surface area contributed by atoms with Crippen molar-refractivity contribution in [1.82, 2.24) is 9.78 Å². The molecule has 4 aromatic rings. The summed E-state index contributed by atoms with van der Waals surface area (Å²) in [6.45, 7) is 4.98. The van der Waals surface area contributed by atoms with Crippen LogP contribution in [0.3, 0.4) is 0 Å². The van der Waals surface area contributed by atoms with Gasteiger partial charge < -0.3 is 10.1 Å². The standard InChI is InChI=1S/C26H24ClN3O2/c1-18-14-23(15-19(2)25(18)27)32-17-21-8-10-22(11-9-21)26(31)28-24-12-13-30(29-24)16-20-6-4-3-5-7-20/h3-15H,16-17H2,1-2H3,(H,28,29,31). The molecule has 1 N–H and O–H groups in total. The Balaban J connectivity index is 1.33. The monoisotopic (exact) mass is 445 g/mol. The van der Waals surface area contributed by atoms with E-state index in [-0.39, 0.29) is 5.91 Å². The van der Waals surface area contributed by atoms with Crippen LogP contribution in [0.2, 0.25) is 5.02 Å². The number of nitrogens with one attached hydrogen (secondary N) is 1. The number of aromatic nitrogens is 2. The van der Waals surface area contributed by atoms with Crippen LogP contribution < -0.4 is 10.1 Å². The molecule has 0 aliphatic heterocycles. The number of hydrogen-bond donors (Lipinski definition) is 1. The SMILES string of the molecule is Cc1cc(OCc2ccc(C(=O)Nc3ccn(Cc4ccccc4)n3)cc2)cc(C)c1Cl. The van der Waals surface area contributed by atoms with Crippen LogP contribution in [0, 0.1) is 13.8 Å². The Kier molecular flexibility index (Phi) is 6.57. The van der Waals surface area contributed by atoms with E-state index in [4.69, 9.17) is 16.3 Å². The molecular formula is C26H24ClN3O2. The molecule has 6 heteroatoms. The van der Waals surface area contributed by atoms with Gasteiger partial charge in [-0.2, -0.15) is 5.10 Å². The number of halogens is 1. The lowest BCUT2D eigenvalue weighted by Gasteiger charge is -2.10. The normalized spacial score (nSPS) is 10.7. The van der Waals surface area contributed by atoms with E-state index in [1.165, 1.54) is 0 Å². The highest BCUT2D eigenvalue weighted by Gasteiger charge is 2.09. The average Bonchev–Trinajstić information content (AvgIpc) is 3.23. The third kappa shape index (κ3) is 5.37. The number of hydrogen-bond acceptors (Lipinski definition) is 3. The smallest absolute Gasteiger partial charge is 0.256 e. The summed E-state index contributed by atoms with van der Waals surface area (Å²) < 4.78 is 7.68. The number of carbonyl (C=O) groups is 1. The molecule has 1 aromatic heterocycles. The topological polar surface area (TPSA) is 56.1 Å². The van der Waals surface area contributed by atoms with Crippen LogP contribution >= 0.6 is 11.6 Å². The Labute approximate surface area is 192 Å². The molecule has 1 heterocycles. The molecule has 3 aromatic carbocycles. The fourth-order valence-corrected chi connectivity index (χ4v) is 3.49. The first-order valence-electron chi connectivity index (χ1n) is 10.3. The molecule has 0 saturated carbocycles. The molecule has 0 bridgehead atoms. The third-order valence-electron chi connectivity index (χ3n) is 5.10. The van der Waals surface area contributed by atoms with Gasteiger partial charge in [-0.1, -0.05) is 54.1 Å². The van der Waals surface area contributed by atoms with Gasteiger partial charge in [0.25, 0.3) is 5.91 Å². The van der Waals surface area contributed by atoms with Gasteiger partial charge in [-0.15, -0.1) is 0 Å². The highest BCUT2D eigenvalue weighted by molar-refractivity contribution is 6.32. The van der Waals surface area contributed by atoms with E-state index >= 15 is 0 Å². The van der Waals surface area contributed by atoms with Gasteiger partial charge in [0.1, 0.15) is 12.4 Å². The second-order valence-corrected chi connectivity index (χ2v) is 8.07. The van der Waals surface area contributed by atoms with Gasteiger partial charge in [0.05, 0.1) is 6.54 Å². The van der Waals surface area contributed by atoms with Crippen molar-refractivity contribution in [3.63, 3.8) is 0 Å². The van der Waals surface area contributed by atoms with Crippen LogP contribution in [0.4, 0.5) is 5.82 Å². The molecule has 0 atom stereocenters. The Bertz CT molecular complexity index is 1190. The van der Waals surface area contributed by atoms with E-state index in [2.05, 4.69) is 10.4 Å². The van der Waals surface area contributed by atoms with Crippen molar-refractivity contribution in [2.45, 2.75) is 27.0 Å². The molecule has 0 radical (unpaired) electrons. The molecule has 5 nitrogen and oxygen atoms in total. The molecule has 162 valence electrons. The number of carbonyl (C=O) groups excluding carboxylic acids is 1. The number of ether oxygens (including phenoxy) is 1. The first kappa shape index (κ1) is 21.7. The molecule has 0 aliphatic rings. The van der Waals surface area contributed by atoms with Gasteiger partial charge in [0.2, 0.25) is 0 Å². The molecule has 0 unspecified atom stereocenters. The van der Waals surface area contributed by atoms with Crippen LogP contribution in [0.15, 0.2) is 79.0 Å². The van der Waals surface area contributed by atoms with E-state index in [1.807, 2.05) is 74.6 Å². The summed E-state index contributed by atoms with van der Waals surface area (Å²) in [6, 6.07) is 23.0. The van der Waals surface area contributed by atoms with E-state index in [0.717, 1.165) is 33.0 Å². The highest BCUT2D eigenvalue weighted by Crippen LogP contribution is 2.26. The third-order valence-corrected chi connectivity index (χ3v) is 5.70. The van der Waals surface area contributed by atoms with Crippen molar-refractivity contribution in [3.05, 3.63) is 112 Å². The second-order valence-electron chi connectivity index (χ2n) is 7.69. The largest absolute Gasteiger partial charge is 0.489 e. The first-order chi connectivity index (χ1) is 15.5. The van der Waals surface area contributed by atoms with Crippen LogP contribution in [0.5, 0.6) is 5.75 Å². The zero-order chi connectivity index (χ0) is 22.5. The molecule has 32 heavy (non-hydrogen) atoms. The fourth-order valence-electron chi connectivity index (χ4n) is 3.38. The number of rotatable bonds is 7. The van der Waals surface area contributed by atoms with Gasteiger partial charge in [0, 0.05) is 22.8 Å². The molecule has 0 aliphatic carbocycles. The van der Waals surface area contributed by atoms with Crippen LogP contribution in [0.1, 0.15) is 32.6 Å². The Hall–Kier alpha value is -3.57. The summed E-state index contributed by atoms with van der Waals surface area (Å²) in [5.74, 6) is 1.09.